The Bertz CT molecular complexity index is 500. The number of thiophene rings is 1. The van der Waals surface area contributed by atoms with Crippen LogP contribution in [0.15, 0.2) is 17.5 Å². The Balaban J connectivity index is 1.46. The Labute approximate surface area is 129 Å². The molecule has 3 aliphatic rings. The fraction of sp³-hybridized carbons (Fsp3) is 0.688. The van der Waals surface area contributed by atoms with E-state index in [0.717, 1.165) is 45.4 Å². The highest BCUT2D eigenvalue weighted by Crippen LogP contribution is 2.33. The van der Waals surface area contributed by atoms with Gasteiger partial charge in [-0.15, -0.1) is 11.3 Å². The molecule has 2 aliphatic heterocycles. The number of hydrogen-bond acceptors (Lipinski definition) is 4. The van der Waals surface area contributed by atoms with Crippen molar-refractivity contribution in [2.24, 2.45) is 5.92 Å². The lowest BCUT2D eigenvalue weighted by Gasteiger charge is -2.40. The summed E-state index contributed by atoms with van der Waals surface area (Å²) in [6.07, 6.45) is 4.55. The lowest BCUT2D eigenvalue weighted by atomic mass is 9.89. The van der Waals surface area contributed by atoms with Crippen molar-refractivity contribution in [3.63, 3.8) is 0 Å². The van der Waals surface area contributed by atoms with Crippen molar-refractivity contribution in [3.8, 4) is 0 Å². The number of carbonyl (C=O) groups is 1. The molecule has 3 atom stereocenters. The molecule has 1 aromatic rings. The molecule has 114 valence electrons. The van der Waals surface area contributed by atoms with Gasteiger partial charge in [0.25, 0.3) is 0 Å². The number of likely N-dealkylation sites (tertiary alicyclic amines) is 1. The number of rotatable bonds is 4. The van der Waals surface area contributed by atoms with Crippen LogP contribution in [0.1, 0.15) is 30.6 Å². The second-order valence-corrected chi connectivity index (χ2v) is 7.52. The second-order valence-electron chi connectivity index (χ2n) is 6.49. The van der Waals surface area contributed by atoms with Crippen LogP contribution in [0, 0.1) is 5.92 Å². The largest absolute Gasteiger partial charge is 0.377 e. The van der Waals surface area contributed by atoms with Gasteiger partial charge in [0.1, 0.15) is 0 Å². The summed E-state index contributed by atoms with van der Waals surface area (Å²) in [7, 11) is 0. The Morgan fingerprint density at radius 3 is 3.10 bits per heavy atom. The summed E-state index contributed by atoms with van der Waals surface area (Å²) in [6.45, 7) is 2.67. The number of nitrogens with zero attached hydrogens (tertiary/aromatic N) is 1. The molecule has 0 bridgehead atoms. The number of ether oxygens (including phenoxy) is 1. The van der Waals surface area contributed by atoms with Gasteiger partial charge in [0, 0.05) is 36.7 Å². The van der Waals surface area contributed by atoms with Crippen molar-refractivity contribution in [2.75, 3.05) is 13.2 Å². The molecule has 5 heteroatoms. The highest BCUT2D eigenvalue weighted by Gasteiger charge is 2.42. The van der Waals surface area contributed by atoms with Gasteiger partial charge in [-0.2, -0.15) is 0 Å². The monoisotopic (exact) mass is 306 g/mol. The standard InChI is InChI=1S/C16H22N2O2S/c19-16(17-12-3-4-12)11-8-15-14(5-6-20-15)18(9-11)10-13-2-1-7-21-13/h1-2,7,11-12,14-15H,3-6,8-10H2,(H,17,19)/t11-,14-,15-/m0/s1. The van der Waals surface area contributed by atoms with Crippen molar-refractivity contribution in [1.82, 2.24) is 10.2 Å². The SMILES string of the molecule is O=C(NC1CC1)[C@H]1C[C@@H]2OCC[C@@H]2N(Cc2cccs2)C1. The van der Waals surface area contributed by atoms with Crippen molar-refractivity contribution < 1.29 is 9.53 Å². The average Bonchev–Trinajstić information content (AvgIpc) is 2.97. The third-order valence-corrected chi connectivity index (χ3v) is 5.71. The molecule has 1 aliphatic carbocycles. The molecule has 3 fully saturated rings. The van der Waals surface area contributed by atoms with E-state index in [-0.39, 0.29) is 17.9 Å². The van der Waals surface area contributed by atoms with Crippen LogP contribution in [0.4, 0.5) is 0 Å². The lowest BCUT2D eigenvalue weighted by Crippen LogP contribution is -2.52. The van der Waals surface area contributed by atoms with Gasteiger partial charge in [-0.1, -0.05) is 6.07 Å². The number of carbonyl (C=O) groups excluding carboxylic acids is 1. The summed E-state index contributed by atoms with van der Waals surface area (Å²) >= 11 is 1.80. The van der Waals surface area contributed by atoms with Gasteiger partial charge in [-0.05, 0) is 37.1 Å². The van der Waals surface area contributed by atoms with E-state index < -0.39 is 0 Å². The summed E-state index contributed by atoms with van der Waals surface area (Å²) in [5, 5.41) is 5.29. The van der Waals surface area contributed by atoms with E-state index in [9.17, 15) is 4.79 Å². The first-order valence-corrected chi connectivity index (χ1v) is 8.86. The van der Waals surface area contributed by atoms with Crippen LogP contribution in [-0.4, -0.2) is 42.1 Å². The van der Waals surface area contributed by atoms with Gasteiger partial charge in [0.2, 0.25) is 5.91 Å². The van der Waals surface area contributed by atoms with E-state index in [4.69, 9.17) is 4.74 Å². The van der Waals surface area contributed by atoms with E-state index in [1.54, 1.807) is 11.3 Å². The lowest BCUT2D eigenvalue weighted by molar-refractivity contribution is -0.129. The quantitative estimate of drug-likeness (QED) is 0.925. The third-order valence-electron chi connectivity index (χ3n) is 4.85. The maximum Gasteiger partial charge on any atom is 0.224 e. The van der Waals surface area contributed by atoms with Crippen LogP contribution < -0.4 is 5.32 Å². The number of hydrogen-bond donors (Lipinski definition) is 1. The molecule has 0 radical (unpaired) electrons. The zero-order valence-corrected chi connectivity index (χ0v) is 13.0. The normalized spacial score (nSPS) is 32.9. The molecular weight excluding hydrogens is 284 g/mol. The first-order valence-electron chi connectivity index (χ1n) is 7.98. The molecule has 1 amide bonds. The smallest absolute Gasteiger partial charge is 0.224 e. The minimum Gasteiger partial charge on any atom is -0.377 e. The molecule has 1 saturated carbocycles. The first kappa shape index (κ1) is 13.7. The molecule has 1 N–H and O–H groups in total. The summed E-state index contributed by atoms with van der Waals surface area (Å²) in [5.41, 5.74) is 0. The molecule has 21 heavy (non-hydrogen) atoms. The van der Waals surface area contributed by atoms with Gasteiger partial charge >= 0.3 is 0 Å². The topological polar surface area (TPSA) is 41.6 Å². The van der Waals surface area contributed by atoms with Crippen LogP contribution in [0.5, 0.6) is 0 Å². The number of amides is 1. The van der Waals surface area contributed by atoms with Gasteiger partial charge in [-0.25, -0.2) is 0 Å². The molecule has 1 aromatic heterocycles. The number of piperidine rings is 1. The molecule has 4 rings (SSSR count). The van der Waals surface area contributed by atoms with Crippen LogP contribution in [0.2, 0.25) is 0 Å². The Morgan fingerprint density at radius 1 is 1.43 bits per heavy atom. The zero-order valence-electron chi connectivity index (χ0n) is 12.2. The van der Waals surface area contributed by atoms with E-state index in [1.807, 2.05) is 0 Å². The third kappa shape index (κ3) is 3.00. The van der Waals surface area contributed by atoms with Crippen LogP contribution in [0.3, 0.4) is 0 Å². The Kier molecular flexibility index (Phi) is 3.73. The summed E-state index contributed by atoms with van der Waals surface area (Å²) in [5.74, 6) is 0.326. The minimum absolute atomic E-state index is 0.0879. The highest BCUT2D eigenvalue weighted by atomic mass is 32.1. The predicted octanol–water partition coefficient (Wildman–Crippen LogP) is 2.01. The van der Waals surface area contributed by atoms with Gasteiger partial charge in [-0.3, -0.25) is 9.69 Å². The second kappa shape index (κ2) is 5.71. The van der Waals surface area contributed by atoms with Crippen molar-refractivity contribution in [1.29, 1.82) is 0 Å². The van der Waals surface area contributed by atoms with Crippen molar-refractivity contribution in [2.45, 2.75) is 50.4 Å². The molecule has 0 spiro atoms. The Morgan fingerprint density at radius 2 is 2.33 bits per heavy atom. The van der Waals surface area contributed by atoms with E-state index in [1.165, 1.54) is 4.88 Å². The summed E-state index contributed by atoms with van der Waals surface area (Å²) in [6, 6.07) is 5.23. The van der Waals surface area contributed by atoms with Crippen molar-refractivity contribution >= 4 is 17.2 Å². The molecule has 3 heterocycles. The van der Waals surface area contributed by atoms with Crippen molar-refractivity contribution in [3.05, 3.63) is 22.4 Å². The first-order chi connectivity index (χ1) is 10.3. The fourth-order valence-corrected chi connectivity index (χ4v) is 4.30. The highest BCUT2D eigenvalue weighted by molar-refractivity contribution is 7.09. The van der Waals surface area contributed by atoms with E-state index in [0.29, 0.717) is 12.1 Å². The average molecular weight is 306 g/mol. The maximum atomic E-state index is 12.4. The van der Waals surface area contributed by atoms with Crippen LogP contribution in [0.25, 0.3) is 0 Å². The van der Waals surface area contributed by atoms with Gasteiger partial charge < -0.3 is 10.1 Å². The number of fused-ring (bicyclic) bond motifs is 1. The predicted molar refractivity (Wildman–Crippen MR) is 82.1 cm³/mol. The van der Waals surface area contributed by atoms with Crippen LogP contribution in [-0.2, 0) is 16.1 Å². The molecule has 2 saturated heterocycles. The summed E-state index contributed by atoms with van der Waals surface area (Å²) < 4.78 is 5.89. The maximum absolute atomic E-state index is 12.4. The minimum atomic E-state index is 0.0879. The number of nitrogens with one attached hydrogen (secondary N) is 1. The van der Waals surface area contributed by atoms with Gasteiger partial charge in [0.15, 0.2) is 0 Å². The molecule has 4 nitrogen and oxygen atoms in total. The summed E-state index contributed by atoms with van der Waals surface area (Å²) in [4.78, 5) is 16.2. The van der Waals surface area contributed by atoms with Crippen LogP contribution >= 0.6 is 11.3 Å². The fourth-order valence-electron chi connectivity index (χ4n) is 3.57. The van der Waals surface area contributed by atoms with E-state index >= 15 is 0 Å². The molecule has 0 unspecified atom stereocenters. The zero-order chi connectivity index (χ0) is 14.2. The van der Waals surface area contributed by atoms with Gasteiger partial charge in [0.05, 0.1) is 12.0 Å². The van der Waals surface area contributed by atoms with E-state index in [2.05, 4.69) is 27.7 Å². The molecular formula is C16H22N2O2S. The molecule has 0 aromatic carbocycles. The Hall–Kier alpha value is -0.910.